The molecule has 0 saturated heterocycles. The highest BCUT2D eigenvalue weighted by Gasteiger charge is 2.19. The minimum Gasteiger partial charge on any atom is -0.308 e. The first-order chi connectivity index (χ1) is 9.74. The molecular formula is C14H20N6. The maximum Gasteiger partial charge on any atom is 0.148 e. The summed E-state index contributed by atoms with van der Waals surface area (Å²) in [4.78, 5) is 13.6. The number of hydrogen-bond acceptors (Lipinski definition) is 5. The van der Waals surface area contributed by atoms with Crippen molar-refractivity contribution >= 4 is 5.82 Å². The topological polar surface area (TPSA) is 81.6 Å². The maximum absolute atomic E-state index is 5.57. The summed E-state index contributed by atoms with van der Waals surface area (Å²) in [6, 6.07) is 0. The highest BCUT2D eigenvalue weighted by molar-refractivity contribution is 5.51. The summed E-state index contributed by atoms with van der Waals surface area (Å²) < 4.78 is 2.10. The van der Waals surface area contributed by atoms with Gasteiger partial charge in [0.25, 0.3) is 0 Å². The second kappa shape index (κ2) is 5.20. The number of aryl methyl sites for hydroxylation is 2. The Kier molecular flexibility index (Phi) is 3.40. The monoisotopic (exact) mass is 272 g/mol. The molecule has 0 fully saturated rings. The Hall–Kier alpha value is -1.95. The molecule has 0 spiro atoms. The lowest BCUT2D eigenvalue weighted by Crippen LogP contribution is -2.16. The summed E-state index contributed by atoms with van der Waals surface area (Å²) in [5.41, 5.74) is 6.11. The molecule has 1 aliphatic carbocycles. The molecule has 2 heterocycles. The molecular weight excluding hydrogens is 252 g/mol. The Balaban J connectivity index is 2.16. The quantitative estimate of drug-likeness (QED) is 0.656. The number of imidazole rings is 1. The van der Waals surface area contributed by atoms with Crippen molar-refractivity contribution in [1.29, 1.82) is 0 Å². The molecule has 0 saturated carbocycles. The average Bonchev–Trinajstić information content (AvgIpc) is 2.91. The molecule has 0 bridgehead atoms. The van der Waals surface area contributed by atoms with Gasteiger partial charge in [0.2, 0.25) is 0 Å². The smallest absolute Gasteiger partial charge is 0.148 e. The number of nitrogen functional groups attached to an aromatic ring is 1. The number of nitrogens with zero attached hydrogens (tertiary/aromatic N) is 4. The van der Waals surface area contributed by atoms with Gasteiger partial charge in [-0.05, 0) is 32.6 Å². The lowest BCUT2D eigenvalue weighted by molar-refractivity contribution is 0.652. The number of fused-ring (bicyclic) bond motifs is 1. The molecule has 2 aromatic heterocycles. The molecule has 0 atom stereocenters. The van der Waals surface area contributed by atoms with E-state index in [1.807, 2.05) is 20.2 Å². The molecule has 3 N–H and O–H groups in total. The van der Waals surface area contributed by atoms with Crippen LogP contribution < -0.4 is 11.3 Å². The maximum atomic E-state index is 5.57. The molecule has 0 amide bonds. The number of aromatic nitrogens is 4. The van der Waals surface area contributed by atoms with Gasteiger partial charge in [-0.2, -0.15) is 0 Å². The van der Waals surface area contributed by atoms with Crippen LogP contribution in [0.5, 0.6) is 0 Å². The van der Waals surface area contributed by atoms with Crippen molar-refractivity contribution in [3.05, 3.63) is 29.1 Å². The number of anilines is 1. The van der Waals surface area contributed by atoms with Crippen LogP contribution in [-0.4, -0.2) is 19.5 Å². The van der Waals surface area contributed by atoms with E-state index in [1.165, 1.54) is 24.2 Å². The summed E-state index contributed by atoms with van der Waals surface area (Å²) in [6.07, 6.45) is 7.22. The van der Waals surface area contributed by atoms with Gasteiger partial charge in [-0.15, -0.1) is 0 Å². The molecule has 1 aliphatic rings. The van der Waals surface area contributed by atoms with Crippen molar-refractivity contribution in [2.75, 3.05) is 5.43 Å². The van der Waals surface area contributed by atoms with Gasteiger partial charge in [0.1, 0.15) is 23.8 Å². The molecule has 2 aromatic rings. The van der Waals surface area contributed by atoms with Crippen LogP contribution in [0.1, 0.15) is 42.5 Å². The molecule has 3 rings (SSSR count). The lowest BCUT2D eigenvalue weighted by Gasteiger charge is -2.16. The molecule has 0 aliphatic heterocycles. The van der Waals surface area contributed by atoms with Crippen molar-refractivity contribution in [2.24, 2.45) is 5.84 Å². The standard InChI is InChI=1S/C14H20N6/c1-3-12-17-13(19-15)9(2)14(18-12)20-8-16-10-6-4-5-7-11(10)20/h8H,3-7,15H2,1-2H3,(H,17,18,19). The molecule has 0 radical (unpaired) electrons. The number of hydrogen-bond donors (Lipinski definition) is 2. The zero-order valence-electron chi connectivity index (χ0n) is 12.0. The summed E-state index contributed by atoms with van der Waals surface area (Å²) in [5.74, 6) is 7.93. The fraction of sp³-hybridized carbons (Fsp3) is 0.500. The molecule has 0 unspecified atom stereocenters. The Labute approximate surface area is 118 Å². The first-order valence-electron chi connectivity index (χ1n) is 7.14. The molecule has 6 heteroatoms. The largest absolute Gasteiger partial charge is 0.308 e. The Bertz CT molecular complexity index is 631. The molecule has 20 heavy (non-hydrogen) atoms. The third-order valence-electron chi connectivity index (χ3n) is 3.88. The van der Waals surface area contributed by atoms with Crippen molar-refractivity contribution < 1.29 is 0 Å². The van der Waals surface area contributed by atoms with Gasteiger partial charge in [0.05, 0.1) is 5.69 Å². The van der Waals surface area contributed by atoms with Crippen LogP contribution in [0.15, 0.2) is 6.33 Å². The Morgan fingerprint density at radius 3 is 2.85 bits per heavy atom. The number of nitrogens with one attached hydrogen (secondary N) is 1. The van der Waals surface area contributed by atoms with Crippen LogP contribution in [0.25, 0.3) is 5.82 Å². The van der Waals surface area contributed by atoms with Crippen LogP contribution in [0.2, 0.25) is 0 Å². The van der Waals surface area contributed by atoms with Crippen LogP contribution in [0.4, 0.5) is 5.82 Å². The second-order valence-electron chi connectivity index (χ2n) is 5.15. The highest BCUT2D eigenvalue weighted by Crippen LogP contribution is 2.25. The van der Waals surface area contributed by atoms with Gasteiger partial charge in [-0.1, -0.05) is 6.92 Å². The van der Waals surface area contributed by atoms with Crippen molar-refractivity contribution in [2.45, 2.75) is 46.0 Å². The van der Waals surface area contributed by atoms with Gasteiger partial charge in [-0.3, -0.25) is 4.57 Å². The number of hydrazine groups is 1. The SMILES string of the molecule is CCc1nc(NN)c(C)c(-n2cnc3c2CCCC3)n1. The van der Waals surface area contributed by atoms with E-state index in [4.69, 9.17) is 5.84 Å². The summed E-state index contributed by atoms with van der Waals surface area (Å²) in [5, 5.41) is 0. The zero-order chi connectivity index (χ0) is 14.1. The predicted molar refractivity (Wildman–Crippen MR) is 77.7 cm³/mol. The fourth-order valence-electron chi connectivity index (χ4n) is 2.73. The van der Waals surface area contributed by atoms with E-state index in [2.05, 4.69) is 24.9 Å². The number of rotatable bonds is 3. The van der Waals surface area contributed by atoms with Crippen LogP contribution >= 0.6 is 0 Å². The minimum atomic E-state index is 0.685. The van der Waals surface area contributed by atoms with Gasteiger partial charge in [0.15, 0.2) is 0 Å². The minimum absolute atomic E-state index is 0.685. The first kappa shape index (κ1) is 13.1. The average molecular weight is 272 g/mol. The van der Waals surface area contributed by atoms with Crippen molar-refractivity contribution in [1.82, 2.24) is 19.5 Å². The fourth-order valence-corrected chi connectivity index (χ4v) is 2.73. The predicted octanol–water partition coefficient (Wildman–Crippen LogP) is 1.70. The van der Waals surface area contributed by atoms with E-state index in [0.717, 1.165) is 36.5 Å². The summed E-state index contributed by atoms with van der Waals surface area (Å²) in [6.45, 7) is 4.03. The Morgan fingerprint density at radius 1 is 1.30 bits per heavy atom. The first-order valence-corrected chi connectivity index (χ1v) is 7.14. The van der Waals surface area contributed by atoms with E-state index in [0.29, 0.717) is 5.82 Å². The van der Waals surface area contributed by atoms with Crippen LogP contribution in [0, 0.1) is 6.92 Å². The number of nitrogens with two attached hydrogens (primary N) is 1. The molecule has 6 nitrogen and oxygen atoms in total. The zero-order valence-corrected chi connectivity index (χ0v) is 12.0. The summed E-state index contributed by atoms with van der Waals surface area (Å²) >= 11 is 0. The van der Waals surface area contributed by atoms with Gasteiger partial charge in [0, 0.05) is 17.7 Å². The van der Waals surface area contributed by atoms with Crippen LogP contribution in [-0.2, 0) is 19.3 Å². The van der Waals surface area contributed by atoms with E-state index in [-0.39, 0.29) is 0 Å². The van der Waals surface area contributed by atoms with Gasteiger partial charge >= 0.3 is 0 Å². The van der Waals surface area contributed by atoms with Gasteiger partial charge < -0.3 is 5.43 Å². The van der Waals surface area contributed by atoms with Gasteiger partial charge in [-0.25, -0.2) is 20.8 Å². The third-order valence-corrected chi connectivity index (χ3v) is 3.88. The van der Waals surface area contributed by atoms with E-state index in [9.17, 15) is 0 Å². The van der Waals surface area contributed by atoms with E-state index >= 15 is 0 Å². The lowest BCUT2D eigenvalue weighted by atomic mass is 10.0. The highest BCUT2D eigenvalue weighted by atomic mass is 15.3. The molecule has 106 valence electrons. The van der Waals surface area contributed by atoms with Crippen molar-refractivity contribution in [3.63, 3.8) is 0 Å². The van der Waals surface area contributed by atoms with E-state index in [1.54, 1.807) is 0 Å². The normalized spacial score (nSPS) is 14.2. The summed E-state index contributed by atoms with van der Waals surface area (Å²) in [7, 11) is 0. The second-order valence-corrected chi connectivity index (χ2v) is 5.15. The van der Waals surface area contributed by atoms with Crippen LogP contribution in [0.3, 0.4) is 0 Å². The Morgan fingerprint density at radius 2 is 2.10 bits per heavy atom. The van der Waals surface area contributed by atoms with Crippen molar-refractivity contribution in [3.8, 4) is 5.82 Å². The van der Waals surface area contributed by atoms with E-state index < -0.39 is 0 Å². The third kappa shape index (κ3) is 2.06. The molecule has 0 aromatic carbocycles.